The molecule has 124 valence electrons. The van der Waals surface area contributed by atoms with Gasteiger partial charge in [0.05, 0.1) is 16.6 Å². The third-order valence-electron chi connectivity index (χ3n) is 4.52. The van der Waals surface area contributed by atoms with Crippen molar-refractivity contribution in [2.45, 2.75) is 12.3 Å². The van der Waals surface area contributed by atoms with Crippen molar-refractivity contribution in [1.82, 2.24) is 10.4 Å². The molecule has 3 heterocycles. The van der Waals surface area contributed by atoms with Gasteiger partial charge >= 0.3 is 0 Å². The van der Waals surface area contributed by atoms with Gasteiger partial charge in [0.15, 0.2) is 6.23 Å². The molecule has 3 nitrogen and oxygen atoms in total. The molecule has 2 aliphatic heterocycles. The number of hydrogen-bond acceptors (Lipinski definition) is 4. The molecule has 3 aromatic rings. The van der Waals surface area contributed by atoms with Crippen LogP contribution in [0.5, 0.6) is 5.75 Å². The van der Waals surface area contributed by atoms with Gasteiger partial charge in [0.2, 0.25) is 0 Å². The zero-order valence-electron chi connectivity index (χ0n) is 13.2. The molecule has 0 aliphatic carbocycles. The first-order valence-corrected chi connectivity index (χ1v) is 9.37. The predicted molar refractivity (Wildman–Crippen MR) is 101 cm³/mol. The molecule has 0 radical (unpaired) electrons. The first-order chi connectivity index (χ1) is 12.3. The summed E-state index contributed by atoms with van der Waals surface area (Å²) in [5.74, 6) is 0.916. The van der Waals surface area contributed by atoms with Crippen LogP contribution in [0.4, 0.5) is 0 Å². The minimum atomic E-state index is -0.243. The number of hydrazine groups is 1. The van der Waals surface area contributed by atoms with Crippen LogP contribution in [0, 0.1) is 0 Å². The molecule has 0 fully saturated rings. The van der Waals surface area contributed by atoms with Crippen molar-refractivity contribution < 1.29 is 4.74 Å². The molecule has 0 bridgehead atoms. The molecule has 5 rings (SSSR count). The summed E-state index contributed by atoms with van der Waals surface area (Å²) in [6.45, 7) is 0. The van der Waals surface area contributed by atoms with Gasteiger partial charge in [-0.2, -0.15) is 5.01 Å². The Kier molecular flexibility index (Phi) is 3.55. The highest BCUT2D eigenvalue weighted by Crippen LogP contribution is 2.46. The summed E-state index contributed by atoms with van der Waals surface area (Å²) in [7, 11) is 0. The van der Waals surface area contributed by atoms with E-state index in [1.807, 2.05) is 36.4 Å². The van der Waals surface area contributed by atoms with Crippen molar-refractivity contribution in [3.63, 3.8) is 0 Å². The first kappa shape index (κ1) is 15.0. The van der Waals surface area contributed by atoms with Crippen molar-refractivity contribution in [2.24, 2.45) is 0 Å². The average molecular weight is 367 g/mol. The van der Waals surface area contributed by atoms with E-state index in [0.717, 1.165) is 17.0 Å². The highest BCUT2D eigenvalue weighted by molar-refractivity contribution is 7.11. The van der Waals surface area contributed by atoms with Crippen molar-refractivity contribution in [2.75, 3.05) is 0 Å². The monoisotopic (exact) mass is 366 g/mol. The van der Waals surface area contributed by atoms with Crippen molar-refractivity contribution in [1.29, 1.82) is 0 Å². The fraction of sp³-hybridized carbons (Fsp3) is 0.100. The van der Waals surface area contributed by atoms with Crippen LogP contribution in [0.1, 0.15) is 28.3 Å². The molecule has 0 amide bonds. The molecule has 5 heteroatoms. The van der Waals surface area contributed by atoms with Gasteiger partial charge in [-0.3, -0.25) is 0 Å². The van der Waals surface area contributed by atoms with Crippen LogP contribution in [0.25, 0.3) is 5.70 Å². The fourth-order valence-electron chi connectivity index (χ4n) is 3.40. The van der Waals surface area contributed by atoms with Crippen molar-refractivity contribution >= 4 is 28.6 Å². The molecule has 25 heavy (non-hydrogen) atoms. The van der Waals surface area contributed by atoms with Gasteiger partial charge < -0.3 is 10.2 Å². The van der Waals surface area contributed by atoms with E-state index < -0.39 is 0 Å². The van der Waals surface area contributed by atoms with Crippen LogP contribution in [0.3, 0.4) is 0 Å². The van der Waals surface area contributed by atoms with E-state index in [4.69, 9.17) is 16.3 Å². The van der Waals surface area contributed by atoms with E-state index in [1.54, 1.807) is 11.3 Å². The Morgan fingerprint density at radius 2 is 1.96 bits per heavy atom. The molecule has 1 aromatic heterocycles. The summed E-state index contributed by atoms with van der Waals surface area (Å²) in [6.07, 6.45) is 2.03. The number of nitrogens with one attached hydrogen (secondary N) is 1. The van der Waals surface area contributed by atoms with E-state index in [-0.39, 0.29) is 12.3 Å². The van der Waals surface area contributed by atoms with Crippen LogP contribution < -0.4 is 10.2 Å². The Balaban J connectivity index is 1.61. The minimum Gasteiger partial charge on any atom is -0.469 e. The molecule has 2 aliphatic rings. The minimum absolute atomic E-state index is 0.117. The highest BCUT2D eigenvalue weighted by atomic mass is 35.5. The van der Waals surface area contributed by atoms with Crippen LogP contribution in [-0.2, 0) is 0 Å². The number of fused-ring (bicyclic) bond motifs is 3. The SMILES string of the molecule is Clc1cccc([C@@H]2Oc3ccccc3[C@H]3C=C(c4cccs4)NN32)c1. The Labute approximate surface area is 155 Å². The number of rotatable bonds is 2. The average Bonchev–Trinajstić information content (AvgIpc) is 3.30. The molecule has 1 N–H and O–H groups in total. The lowest BCUT2D eigenvalue weighted by molar-refractivity contribution is -0.0326. The van der Waals surface area contributed by atoms with Crippen LogP contribution in [0.15, 0.2) is 72.1 Å². The molecule has 2 atom stereocenters. The fourth-order valence-corrected chi connectivity index (χ4v) is 4.30. The lowest BCUT2D eigenvalue weighted by atomic mass is 10.0. The van der Waals surface area contributed by atoms with Gasteiger partial charge in [-0.25, -0.2) is 0 Å². The summed E-state index contributed by atoms with van der Waals surface area (Å²) in [4.78, 5) is 1.22. The molecule has 0 saturated carbocycles. The lowest BCUT2D eigenvalue weighted by Gasteiger charge is -2.38. The summed E-state index contributed by atoms with van der Waals surface area (Å²) < 4.78 is 6.33. The normalized spacial score (nSPS) is 21.7. The lowest BCUT2D eigenvalue weighted by Crippen LogP contribution is -2.43. The molecular weight excluding hydrogens is 352 g/mol. The Bertz CT molecular complexity index is 954. The first-order valence-electron chi connectivity index (χ1n) is 8.11. The zero-order valence-corrected chi connectivity index (χ0v) is 14.8. The number of benzene rings is 2. The maximum absolute atomic E-state index is 6.33. The van der Waals surface area contributed by atoms with Crippen LogP contribution in [0.2, 0.25) is 5.02 Å². The molecular formula is C20H15ClN2OS. The summed E-state index contributed by atoms with van der Waals surface area (Å²) in [6, 6.07) is 20.4. The van der Waals surface area contributed by atoms with E-state index >= 15 is 0 Å². The van der Waals surface area contributed by atoms with E-state index in [2.05, 4.69) is 46.2 Å². The number of nitrogens with zero attached hydrogens (tertiary/aromatic N) is 1. The number of ether oxygens (including phenoxy) is 1. The summed E-state index contributed by atoms with van der Waals surface area (Å²) in [5, 5.41) is 4.96. The van der Waals surface area contributed by atoms with Gasteiger partial charge in [-0.15, -0.1) is 11.3 Å². The Morgan fingerprint density at radius 3 is 2.80 bits per heavy atom. The van der Waals surface area contributed by atoms with Crippen LogP contribution in [-0.4, -0.2) is 5.01 Å². The highest BCUT2D eigenvalue weighted by Gasteiger charge is 2.40. The zero-order chi connectivity index (χ0) is 16.8. The third kappa shape index (κ3) is 2.54. The Hall–Kier alpha value is -2.27. The number of para-hydroxylation sites is 1. The van der Waals surface area contributed by atoms with Crippen LogP contribution >= 0.6 is 22.9 Å². The number of halogens is 1. The second-order valence-corrected chi connectivity index (χ2v) is 7.47. The third-order valence-corrected chi connectivity index (χ3v) is 5.66. The van der Waals surface area contributed by atoms with Gasteiger partial charge in [-0.05, 0) is 35.7 Å². The van der Waals surface area contributed by atoms with Crippen molar-refractivity contribution in [3.8, 4) is 5.75 Å². The molecule has 0 spiro atoms. The second kappa shape index (κ2) is 5.92. The van der Waals surface area contributed by atoms with Crippen molar-refractivity contribution in [3.05, 3.63) is 93.1 Å². The quantitative estimate of drug-likeness (QED) is 0.657. The van der Waals surface area contributed by atoms with E-state index in [1.165, 1.54) is 10.4 Å². The largest absolute Gasteiger partial charge is 0.469 e. The smallest absolute Gasteiger partial charge is 0.196 e. The number of thiophene rings is 1. The molecule has 0 saturated heterocycles. The van der Waals surface area contributed by atoms with E-state index in [9.17, 15) is 0 Å². The van der Waals surface area contributed by atoms with Gasteiger partial charge in [0, 0.05) is 16.1 Å². The summed E-state index contributed by atoms with van der Waals surface area (Å²) in [5.41, 5.74) is 6.85. The Morgan fingerprint density at radius 1 is 1.04 bits per heavy atom. The topological polar surface area (TPSA) is 24.5 Å². The van der Waals surface area contributed by atoms with Gasteiger partial charge in [0.1, 0.15) is 5.75 Å². The standard InChI is InChI=1S/C20H15ClN2OS/c21-14-6-3-5-13(11-14)20-23-17(15-7-1-2-8-18(15)24-20)12-16(22-23)19-9-4-10-25-19/h1-12,17,20,22H/t17-,20+/m1/s1. The summed E-state index contributed by atoms with van der Waals surface area (Å²) >= 11 is 7.94. The maximum Gasteiger partial charge on any atom is 0.196 e. The molecule has 0 unspecified atom stereocenters. The van der Waals surface area contributed by atoms with Gasteiger partial charge in [0.25, 0.3) is 0 Å². The van der Waals surface area contributed by atoms with Gasteiger partial charge in [-0.1, -0.05) is 48.0 Å². The predicted octanol–water partition coefficient (Wildman–Crippen LogP) is 5.40. The second-order valence-electron chi connectivity index (χ2n) is 6.08. The van der Waals surface area contributed by atoms with E-state index in [0.29, 0.717) is 5.02 Å². The number of hydrogen-bond donors (Lipinski definition) is 1. The maximum atomic E-state index is 6.33. The molecule has 2 aromatic carbocycles.